The number of piperidine rings is 1. The molecule has 150 valence electrons. The van der Waals surface area contributed by atoms with Crippen molar-refractivity contribution < 1.29 is 14.3 Å². The molecule has 1 fully saturated rings. The zero-order valence-electron chi connectivity index (χ0n) is 16.5. The molecule has 29 heavy (non-hydrogen) atoms. The largest absolute Gasteiger partial charge is 0.497 e. The third-order valence-electron chi connectivity index (χ3n) is 6.78. The molecule has 1 aromatic carbocycles. The first-order chi connectivity index (χ1) is 14.1. The number of hydrogen-bond donors (Lipinski definition) is 1. The number of azide groups is 1. The summed E-state index contributed by atoms with van der Waals surface area (Å²) in [6.07, 6.45) is 3.47. The van der Waals surface area contributed by atoms with Gasteiger partial charge in [-0.1, -0.05) is 11.2 Å². The first-order valence-electron chi connectivity index (χ1n) is 9.98. The molecule has 1 aromatic heterocycles. The number of H-pyrrole nitrogens is 1. The maximum Gasteiger partial charge on any atom is 0.337 e. The summed E-state index contributed by atoms with van der Waals surface area (Å²) in [4.78, 5) is 21.4. The number of methoxy groups -OCH3 is 1. The van der Waals surface area contributed by atoms with Crippen LogP contribution in [-0.4, -0.2) is 42.2 Å². The lowest BCUT2D eigenvalue weighted by atomic mass is 9.72. The number of ether oxygens (including phenoxy) is 2. The lowest BCUT2D eigenvalue weighted by Crippen LogP contribution is -2.51. The van der Waals surface area contributed by atoms with Crippen LogP contribution in [0.1, 0.15) is 30.6 Å². The monoisotopic (exact) mass is 393 g/mol. The predicted octanol–water partition coefficient (Wildman–Crippen LogP) is 4.12. The topological polar surface area (TPSA) is 103 Å². The Kier molecular flexibility index (Phi) is 4.26. The van der Waals surface area contributed by atoms with E-state index in [1.807, 2.05) is 18.2 Å². The second kappa shape index (κ2) is 6.83. The summed E-state index contributed by atoms with van der Waals surface area (Å²) in [5, 5.41) is 4.87. The highest BCUT2D eigenvalue weighted by atomic mass is 16.5. The number of aromatic nitrogens is 1. The standard InChI is InChI=1S/C21H23N5O3/c1-11-16-9-26-6-5-13-15-7-12(24-25-22)3-4-18(15)23-20(13)19(26)8-14(16)17(10-29-11)21(27)28-2/h3-4,7,10-11,14,16,19,23H,5-6,8-9H2,1-2H3/t11-,14-,16+,19-/m0/s1. The zero-order chi connectivity index (χ0) is 20.1. The summed E-state index contributed by atoms with van der Waals surface area (Å²) in [6, 6.07) is 5.98. The van der Waals surface area contributed by atoms with Crippen molar-refractivity contribution in [1.82, 2.24) is 9.88 Å². The number of hydrogen-bond acceptors (Lipinski definition) is 5. The van der Waals surface area contributed by atoms with Crippen LogP contribution in [0.4, 0.5) is 5.69 Å². The highest BCUT2D eigenvalue weighted by Gasteiger charge is 2.46. The fraction of sp³-hybridized carbons (Fsp3) is 0.476. The zero-order valence-corrected chi connectivity index (χ0v) is 16.5. The molecule has 0 radical (unpaired) electrons. The molecule has 5 rings (SSSR count). The number of nitrogens with one attached hydrogen (secondary N) is 1. The van der Waals surface area contributed by atoms with Crippen LogP contribution in [0.2, 0.25) is 0 Å². The Bertz CT molecular complexity index is 1070. The van der Waals surface area contributed by atoms with Crippen molar-refractivity contribution in [1.29, 1.82) is 0 Å². The molecular weight excluding hydrogens is 370 g/mol. The fourth-order valence-electron chi connectivity index (χ4n) is 5.34. The minimum Gasteiger partial charge on any atom is -0.497 e. The van der Waals surface area contributed by atoms with E-state index in [1.54, 1.807) is 6.26 Å². The smallest absolute Gasteiger partial charge is 0.337 e. The Morgan fingerprint density at radius 3 is 3.10 bits per heavy atom. The average molecular weight is 393 g/mol. The minimum atomic E-state index is -0.299. The van der Waals surface area contributed by atoms with E-state index in [9.17, 15) is 4.79 Å². The fourth-order valence-corrected chi connectivity index (χ4v) is 5.34. The van der Waals surface area contributed by atoms with Gasteiger partial charge in [0.2, 0.25) is 0 Å². The second-order valence-corrected chi connectivity index (χ2v) is 8.11. The van der Waals surface area contributed by atoms with E-state index in [-0.39, 0.29) is 30.0 Å². The number of esters is 1. The van der Waals surface area contributed by atoms with Gasteiger partial charge >= 0.3 is 5.97 Å². The summed E-state index contributed by atoms with van der Waals surface area (Å²) >= 11 is 0. The van der Waals surface area contributed by atoms with Gasteiger partial charge in [-0.25, -0.2) is 4.79 Å². The molecule has 4 heterocycles. The van der Waals surface area contributed by atoms with Crippen LogP contribution in [-0.2, 0) is 20.7 Å². The SMILES string of the molecule is COC(=O)C1=CO[C@@H](C)[C@H]2CN3CCc4c([nH]c5ccc(N=[N+]=[N-])cc45)[C@@H]3C[C@H]12. The number of aromatic amines is 1. The van der Waals surface area contributed by atoms with Gasteiger partial charge in [0.05, 0.1) is 31.1 Å². The highest BCUT2D eigenvalue weighted by Crippen LogP contribution is 2.47. The van der Waals surface area contributed by atoms with Gasteiger partial charge < -0.3 is 14.5 Å². The lowest BCUT2D eigenvalue weighted by molar-refractivity contribution is -0.139. The molecule has 0 aliphatic carbocycles. The van der Waals surface area contributed by atoms with E-state index in [0.717, 1.165) is 36.8 Å². The van der Waals surface area contributed by atoms with E-state index in [1.165, 1.54) is 18.4 Å². The molecule has 3 aliphatic rings. The maximum absolute atomic E-state index is 12.3. The molecule has 3 aliphatic heterocycles. The lowest BCUT2D eigenvalue weighted by Gasteiger charge is -2.49. The van der Waals surface area contributed by atoms with E-state index in [4.69, 9.17) is 15.0 Å². The van der Waals surface area contributed by atoms with E-state index in [0.29, 0.717) is 11.3 Å². The van der Waals surface area contributed by atoms with Crippen LogP contribution < -0.4 is 0 Å². The molecule has 0 saturated carbocycles. The molecule has 1 N–H and O–H groups in total. The van der Waals surface area contributed by atoms with Crippen molar-refractivity contribution in [2.24, 2.45) is 17.0 Å². The third kappa shape index (κ3) is 2.79. The Morgan fingerprint density at radius 1 is 1.45 bits per heavy atom. The Hall–Kier alpha value is -2.96. The Labute approximate surface area is 168 Å². The summed E-state index contributed by atoms with van der Waals surface area (Å²) < 4.78 is 10.8. The molecule has 0 spiro atoms. The quantitative estimate of drug-likeness (QED) is 0.359. The van der Waals surface area contributed by atoms with Crippen LogP contribution in [0.25, 0.3) is 21.3 Å². The van der Waals surface area contributed by atoms with E-state index in [2.05, 4.69) is 26.8 Å². The summed E-state index contributed by atoms with van der Waals surface area (Å²) in [7, 11) is 1.42. The van der Waals surface area contributed by atoms with Crippen LogP contribution in [0.3, 0.4) is 0 Å². The number of rotatable bonds is 2. The van der Waals surface area contributed by atoms with Gasteiger partial charge in [0.15, 0.2) is 0 Å². The van der Waals surface area contributed by atoms with Gasteiger partial charge in [-0.05, 0) is 43.0 Å². The molecule has 0 amide bonds. The van der Waals surface area contributed by atoms with Gasteiger partial charge in [-0.15, -0.1) is 0 Å². The molecule has 2 aromatic rings. The summed E-state index contributed by atoms with van der Waals surface area (Å²) in [6.45, 7) is 3.94. The van der Waals surface area contributed by atoms with Gasteiger partial charge in [-0.2, -0.15) is 0 Å². The number of carbonyl (C=O) groups is 1. The first kappa shape index (κ1) is 18.1. The number of nitrogens with zero attached hydrogens (tertiary/aromatic N) is 4. The van der Waals surface area contributed by atoms with Gasteiger partial charge in [0, 0.05) is 52.1 Å². The van der Waals surface area contributed by atoms with Crippen molar-refractivity contribution in [3.05, 3.63) is 51.7 Å². The number of benzene rings is 1. The molecule has 8 nitrogen and oxygen atoms in total. The summed E-state index contributed by atoms with van der Waals surface area (Å²) in [5.41, 5.74) is 13.6. The molecule has 8 heteroatoms. The van der Waals surface area contributed by atoms with E-state index >= 15 is 0 Å². The second-order valence-electron chi connectivity index (χ2n) is 8.11. The van der Waals surface area contributed by atoms with Crippen molar-refractivity contribution in [3.8, 4) is 0 Å². The van der Waals surface area contributed by atoms with Crippen LogP contribution >= 0.6 is 0 Å². The minimum absolute atomic E-state index is 0.0740. The van der Waals surface area contributed by atoms with Gasteiger partial charge in [-0.3, -0.25) is 4.90 Å². The Balaban J connectivity index is 1.55. The molecule has 4 atom stereocenters. The number of carbonyl (C=O) groups excluding carboxylic acids is 1. The molecule has 1 saturated heterocycles. The van der Waals surface area contributed by atoms with Crippen LogP contribution in [0.5, 0.6) is 0 Å². The van der Waals surface area contributed by atoms with Crippen LogP contribution in [0, 0.1) is 11.8 Å². The van der Waals surface area contributed by atoms with Gasteiger partial charge in [0.25, 0.3) is 0 Å². The number of fused-ring (bicyclic) bond motifs is 6. The average Bonchev–Trinajstić information content (AvgIpc) is 3.11. The van der Waals surface area contributed by atoms with Crippen LogP contribution in [0.15, 0.2) is 35.1 Å². The van der Waals surface area contributed by atoms with Crippen molar-refractivity contribution in [2.45, 2.75) is 31.9 Å². The van der Waals surface area contributed by atoms with Crippen molar-refractivity contribution in [2.75, 3.05) is 20.2 Å². The molecular formula is C21H23N5O3. The Morgan fingerprint density at radius 2 is 2.31 bits per heavy atom. The normalized spacial score (nSPS) is 28.3. The van der Waals surface area contributed by atoms with Crippen molar-refractivity contribution >= 4 is 22.6 Å². The summed E-state index contributed by atoms with van der Waals surface area (Å²) in [5.74, 6) is 0.0865. The first-order valence-corrected chi connectivity index (χ1v) is 9.98. The molecule has 0 bridgehead atoms. The molecule has 0 unspecified atom stereocenters. The predicted molar refractivity (Wildman–Crippen MR) is 107 cm³/mol. The van der Waals surface area contributed by atoms with Gasteiger partial charge in [0.1, 0.15) is 0 Å². The third-order valence-corrected chi connectivity index (χ3v) is 6.78. The highest BCUT2D eigenvalue weighted by molar-refractivity contribution is 5.89. The maximum atomic E-state index is 12.3. The van der Waals surface area contributed by atoms with E-state index < -0.39 is 0 Å². The van der Waals surface area contributed by atoms with Crippen molar-refractivity contribution in [3.63, 3.8) is 0 Å².